The second-order valence-corrected chi connectivity index (χ2v) is 8.41. The van der Waals surface area contributed by atoms with Gasteiger partial charge >= 0.3 is 17.9 Å². The van der Waals surface area contributed by atoms with Crippen molar-refractivity contribution in [3.05, 3.63) is 115 Å². The van der Waals surface area contributed by atoms with Crippen LogP contribution < -0.4 is 4.74 Å². The van der Waals surface area contributed by atoms with E-state index < -0.39 is 11.9 Å². The highest BCUT2D eigenvalue weighted by Gasteiger charge is 2.08. The number of carbonyl (C=O) groups excluding carboxylic acids is 3. The minimum Gasteiger partial charge on any atom is -0.462 e. The lowest BCUT2D eigenvalue weighted by Gasteiger charge is -2.08. The average Bonchev–Trinajstić information content (AvgIpc) is 2.94. The van der Waals surface area contributed by atoms with Crippen molar-refractivity contribution < 1.29 is 28.6 Å². The van der Waals surface area contributed by atoms with Crippen LogP contribution in [0.1, 0.15) is 30.1 Å². The summed E-state index contributed by atoms with van der Waals surface area (Å²) in [6.07, 6.45) is 6.06. The van der Waals surface area contributed by atoms with Gasteiger partial charge in [0.05, 0.1) is 18.8 Å². The maximum atomic E-state index is 12.3. The molecule has 0 spiro atoms. The topological polar surface area (TPSA) is 78.9 Å². The summed E-state index contributed by atoms with van der Waals surface area (Å²) in [7, 11) is 0. The van der Waals surface area contributed by atoms with Crippen LogP contribution in [0.25, 0.3) is 22.3 Å². The Kier molecular flexibility index (Phi) is 10.4. The van der Waals surface area contributed by atoms with Gasteiger partial charge in [0, 0.05) is 11.6 Å². The Morgan fingerprint density at radius 1 is 0.711 bits per heavy atom. The molecule has 0 aliphatic rings. The second kappa shape index (κ2) is 14.1. The van der Waals surface area contributed by atoms with Gasteiger partial charge in [-0.05, 0) is 66.3 Å². The van der Waals surface area contributed by atoms with Gasteiger partial charge in [0.2, 0.25) is 0 Å². The van der Waals surface area contributed by atoms with Crippen LogP contribution in [0, 0.1) is 0 Å². The molecule has 0 aliphatic heterocycles. The summed E-state index contributed by atoms with van der Waals surface area (Å²) < 4.78 is 15.4. The van der Waals surface area contributed by atoms with Crippen molar-refractivity contribution in [2.75, 3.05) is 13.2 Å². The number of hydrogen-bond acceptors (Lipinski definition) is 6. The van der Waals surface area contributed by atoms with Crippen LogP contribution in [0.2, 0.25) is 0 Å². The molecule has 6 nitrogen and oxygen atoms in total. The summed E-state index contributed by atoms with van der Waals surface area (Å²) in [5, 5.41) is 0. The van der Waals surface area contributed by atoms with Crippen molar-refractivity contribution in [3.8, 4) is 28.0 Å². The molecule has 0 radical (unpaired) electrons. The lowest BCUT2D eigenvalue weighted by Crippen LogP contribution is -2.07. The van der Waals surface area contributed by atoms with Gasteiger partial charge in [-0.15, -0.1) is 0 Å². The Hall–Kier alpha value is -4.71. The Bertz CT molecular complexity index is 1300. The summed E-state index contributed by atoms with van der Waals surface area (Å²) in [6.45, 7) is 9.08. The van der Waals surface area contributed by atoms with Crippen molar-refractivity contribution in [2.45, 2.75) is 19.8 Å². The molecule has 38 heavy (non-hydrogen) atoms. The summed E-state index contributed by atoms with van der Waals surface area (Å²) in [5.74, 6) is -0.798. The minimum atomic E-state index is -0.448. The van der Waals surface area contributed by atoms with Gasteiger partial charge in [-0.1, -0.05) is 73.8 Å². The van der Waals surface area contributed by atoms with Crippen LogP contribution in [0.3, 0.4) is 0 Å². The third kappa shape index (κ3) is 8.45. The van der Waals surface area contributed by atoms with Gasteiger partial charge in [0.25, 0.3) is 0 Å². The zero-order valence-electron chi connectivity index (χ0n) is 21.4. The van der Waals surface area contributed by atoms with Gasteiger partial charge in [-0.3, -0.25) is 0 Å². The van der Waals surface area contributed by atoms with Crippen LogP contribution >= 0.6 is 0 Å². The smallest absolute Gasteiger partial charge is 0.338 e. The van der Waals surface area contributed by atoms with Crippen LogP contribution in [-0.2, 0) is 19.1 Å². The highest BCUT2D eigenvalue weighted by atomic mass is 16.5. The van der Waals surface area contributed by atoms with E-state index in [2.05, 4.69) is 13.2 Å². The molecule has 0 unspecified atom stereocenters. The standard InChI is InChI=1S/C32H30O6/c1-4-30(33)36-21-7-5-6-8-22-37-32(35)28-15-13-26(14-16-28)24-9-11-25(12-10-24)27-17-19-29(20-18-27)38-31(34)23(2)3/h4-6,9-20H,1-2,7-8,21-22H2,3H3. The molecular weight excluding hydrogens is 480 g/mol. The number of rotatable bonds is 12. The van der Waals surface area contributed by atoms with Crippen LogP contribution in [0.4, 0.5) is 0 Å². The molecule has 0 N–H and O–H groups in total. The molecular formula is C32H30O6. The van der Waals surface area contributed by atoms with Crippen molar-refractivity contribution >= 4 is 17.9 Å². The molecule has 3 aromatic rings. The van der Waals surface area contributed by atoms with Gasteiger partial charge in [-0.25, -0.2) is 14.4 Å². The molecule has 0 fully saturated rings. The van der Waals surface area contributed by atoms with E-state index in [0.717, 1.165) is 28.3 Å². The molecule has 3 aromatic carbocycles. The third-order valence-electron chi connectivity index (χ3n) is 5.47. The number of ether oxygens (including phenoxy) is 3. The first-order valence-electron chi connectivity index (χ1n) is 12.2. The van der Waals surface area contributed by atoms with E-state index in [1.807, 2.05) is 60.7 Å². The fourth-order valence-electron chi connectivity index (χ4n) is 3.39. The van der Waals surface area contributed by atoms with Gasteiger partial charge in [0.1, 0.15) is 5.75 Å². The van der Waals surface area contributed by atoms with Crippen LogP contribution in [-0.4, -0.2) is 31.1 Å². The van der Waals surface area contributed by atoms with Crippen LogP contribution in [0.15, 0.2) is 110 Å². The highest BCUT2D eigenvalue weighted by Crippen LogP contribution is 2.27. The number of hydrogen-bond donors (Lipinski definition) is 0. The second-order valence-electron chi connectivity index (χ2n) is 8.41. The number of benzene rings is 3. The first-order valence-corrected chi connectivity index (χ1v) is 12.2. The summed E-state index contributed by atoms with van der Waals surface area (Å²) >= 11 is 0. The maximum absolute atomic E-state index is 12.3. The van der Waals surface area contributed by atoms with Gasteiger partial charge in [-0.2, -0.15) is 0 Å². The zero-order chi connectivity index (χ0) is 27.3. The summed E-state index contributed by atoms with van der Waals surface area (Å²) in [5.41, 5.74) is 4.85. The van der Waals surface area contributed by atoms with E-state index in [-0.39, 0.29) is 19.2 Å². The van der Waals surface area contributed by atoms with E-state index in [1.165, 1.54) is 0 Å². The SMILES string of the molecule is C=CC(=O)OCCC=CCCOC(=O)c1ccc(-c2ccc(-c3ccc(OC(=O)C(=C)C)cc3)cc2)cc1. The summed E-state index contributed by atoms with van der Waals surface area (Å²) in [4.78, 5) is 34.9. The van der Waals surface area contributed by atoms with E-state index in [4.69, 9.17) is 14.2 Å². The molecule has 0 atom stereocenters. The van der Waals surface area contributed by atoms with Crippen molar-refractivity contribution in [3.63, 3.8) is 0 Å². The fraction of sp³-hybridized carbons (Fsp3) is 0.156. The maximum Gasteiger partial charge on any atom is 0.338 e. The largest absolute Gasteiger partial charge is 0.462 e. The number of esters is 3. The Labute approximate surface area is 222 Å². The third-order valence-corrected chi connectivity index (χ3v) is 5.47. The molecule has 0 aliphatic carbocycles. The molecule has 0 amide bonds. The quantitative estimate of drug-likeness (QED) is 0.0884. The lowest BCUT2D eigenvalue weighted by molar-refractivity contribution is -0.137. The van der Waals surface area contributed by atoms with Gasteiger partial charge < -0.3 is 14.2 Å². The zero-order valence-corrected chi connectivity index (χ0v) is 21.4. The molecule has 0 saturated heterocycles. The van der Waals surface area contributed by atoms with E-state index in [0.29, 0.717) is 29.7 Å². The van der Waals surface area contributed by atoms with Crippen molar-refractivity contribution in [1.29, 1.82) is 0 Å². The molecule has 194 valence electrons. The van der Waals surface area contributed by atoms with E-state index in [9.17, 15) is 14.4 Å². The predicted molar refractivity (Wildman–Crippen MR) is 148 cm³/mol. The Morgan fingerprint density at radius 2 is 1.16 bits per heavy atom. The molecule has 0 heterocycles. The normalized spacial score (nSPS) is 10.6. The Morgan fingerprint density at radius 3 is 1.63 bits per heavy atom. The first kappa shape index (κ1) is 27.9. The van der Waals surface area contributed by atoms with Gasteiger partial charge in [0.15, 0.2) is 0 Å². The first-order chi connectivity index (χ1) is 18.4. The summed E-state index contributed by atoms with van der Waals surface area (Å²) in [6, 6.07) is 22.6. The molecule has 6 heteroatoms. The predicted octanol–water partition coefficient (Wildman–Crippen LogP) is 6.72. The monoisotopic (exact) mass is 510 g/mol. The van der Waals surface area contributed by atoms with Crippen molar-refractivity contribution in [2.24, 2.45) is 0 Å². The minimum absolute atomic E-state index is 0.266. The molecule has 0 bridgehead atoms. The van der Waals surface area contributed by atoms with Crippen molar-refractivity contribution in [1.82, 2.24) is 0 Å². The lowest BCUT2D eigenvalue weighted by atomic mass is 9.99. The molecule has 3 rings (SSSR count). The molecule has 0 saturated carbocycles. The van der Waals surface area contributed by atoms with E-state index in [1.54, 1.807) is 31.2 Å². The van der Waals surface area contributed by atoms with E-state index >= 15 is 0 Å². The average molecular weight is 511 g/mol. The fourth-order valence-corrected chi connectivity index (χ4v) is 3.39. The molecule has 0 aromatic heterocycles. The Balaban J connectivity index is 1.48. The number of carbonyl (C=O) groups is 3. The highest BCUT2D eigenvalue weighted by molar-refractivity contribution is 5.90. The van der Waals surface area contributed by atoms with Crippen LogP contribution in [0.5, 0.6) is 5.75 Å².